The van der Waals surface area contributed by atoms with E-state index in [-0.39, 0.29) is 28.6 Å². The summed E-state index contributed by atoms with van der Waals surface area (Å²) in [5, 5.41) is 2.55. The highest BCUT2D eigenvalue weighted by atomic mass is 32.2. The van der Waals surface area contributed by atoms with E-state index < -0.39 is 21.7 Å². The molecule has 178 valence electrons. The van der Waals surface area contributed by atoms with Crippen LogP contribution in [-0.4, -0.2) is 44.8 Å². The number of anilines is 2. The van der Waals surface area contributed by atoms with Gasteiger partial charge in [0.05, 0.1) is 4.90 Å². The van der Waals surface area contributed by atoms with Gasteiger partial charge in [0, 0.05) is 38.3 Å². The van der Waals surface area contributed by atoms with E-state index >= 15 is 0 Å². The fourth-order valence-corrected chi connectivity index (χ4v) is 5.96. The van der Waals surface area contributed by atoms with Crippen LogP contribution in [0.3, 0.4) is 0 Å². The van der Waals surface area contributed by atoms with Crippen LogP contribution >= 0.6 is 0 Å². The summed E-state index contributed by atoms with van der Waals surface area (Å²) in [6.45, 7) is 2.34. The van der Waals surface area contributed by atoms with Crippen molar-refractivity contribution in [3.05, 3.63) is 53.6 Å². The predicted octanol–water partition coefficient (Wildman–Crippen LogP) is 4.31. The van der Waals surface area contributed by atoms with Crippen molar-refractivity contribution in [3.8, 4) is 0 Å². The van der Waals surface area contributed by atoms with Gasteiger partial charge in [-0.1, -0.05) is 18.6 Å². The van der Waals surface area contributed by atoms with E-state index in [0.717, 1.165) is 49.8 Å². The molecule has 0 bridgehead atoms. The first-order chi connectivity index (χ1) is 15.8. The minimum atomic E-state index is -3.49. The van der Waals surface area contributed by atoms with E-state index in [1.54, 1.807) is 29.2 Å². The standard InChI is InChI=1S/C24H29F2N3O3S/c25-21-16-19(17-22(26)24(21)28-12-4-5-13-28)27-23(30)11-8-18-6-9-20(10-7-18)33(31,32)29-14-2-1-3-15-29/h6-7,9-10,16-17H,1-5,8,11-15H2,(H,27,30). The maximum absolute atomic E-state index is 14.4. The summed E-state index contributed by atoms with van der Waals surface area (Å²) in [5.74, 6) is -1.73. The fraction of sp³-hybridized carbons (Fsp3) is 0.458. The highest BCUT2D eigenvalue weighted by molar-refractivity contribution is 7.89. The third kappa shape index (κ3) is 5.52. The average molecular weight is 478 g/mol. The number of nitrogens with one attached hydrogen (secondary N) is 1. The number of halogens is 2. The van der Waals surface area contributed by atoms with Gasteiger partial charge in [-0.3, -0.25) is 4.79 Å². The molecule has 2 aliphatic rings. The SMILES string of the molecule is O=C(CCc1ccc(S(=O)(=O)N2CCCCC2)cc1)Nc1cc(F)c(N2CCCC2)c(F)c1. The van der Waals surface area contributed by atoms with Gasteiger partial charge < -0.3 is 10.2 Å². The van der Waals surface area contributed by atoms with Gasteiger partial charge in [-0.15, -0.1) is 0 Å². The number of nitrogens with zero attached hydrogens (tertiary/aromatic N) is 2. The Balaban J connectivity index is 1.33. The first-order valence-electron chi connectivity index (χ1n) is 11.5. The number of carbonyl (C=O) groups is 1. The molecule has 6 nitrogen and oxygen atoms in total. The smallest absolute Gasteiger partial charge is 0.243 e. The van der Waals surface area contributed by atoms with Crippen LogP contribution in [0.5, 0.6) is 0 Å². The Morgan fingerprint density at radius 3 is 2.06 bits per heavy atom. The molecule has 2 fully saturated rings. The zero-order valence-electron chi connectivity index (χ0n) is 18.5. The molecule has 0 aliphatic carbocycles. The molecule has 1 N–H and O–H groups in total. The Bertz CT molecular complexity index is 1070. The molecule has 4 rings (SSSR count). The average Bonchev–Trinajstić information content (AvgIpc) is 3.32. The number of hydrogen-bond acceptors (Lipinski definition) is 4. The number of benzene rings is 2. The normalized spacial score (nSPS) is 17.3. The molecule has 0 saturated carbocycles. The Labute approximate surface area is 193 Å². The second-order valence-corrected chi connectivity index (χ2v) is 10.6. The lowest BCUT2D eigenvalue weighted by atomic mass is 10.1. The van der Waals surface area contributed by atoms with Crippen molar-refractivity contribution < 1.29 is 22.0 Å². The number of sulfonamides is 1. The van der Waals surface area contributed by atoms with Crippen molar-refractivity contribution >= 4 is 27.3 Å². The van der Waals surface area contributed by atoms with Gasteiger partial charge in [0.2, 0.25) is 15.9 Å². The minimum absolute atomic E-state index is 0.0369. The van der Waals surface area contributed by atoms with Crippen LogP contribution in [0.4, 0.5) is 20.2 Å². The highest BCUT2D eigenvalue weighted by Gasteiger charge is 2.26. The van der Waals surface area contributed by atoms with Crippen molar-refractivity contribution in [2.24, 2.45) is 0 Å². The summed E-state index contributed by atoms with van der Waals surface area (Å²) in [7, 11) is -3.49. The van der Waals surface area contributed by atoms with E-state index in [0.29, 0.717) is 32.6 Å². The number of rotatable bonds is 7. The fourth-order valence-electron chi connectivity index (χ4n) is 4.44. The monoisotopic (exact) mass is 477 g/mol. The molecule has 2 saturated heterocycles. The van der Waals surface area contributed by atoms with Gasteiger partial charge in [0.1, 0.15) is 5.69 Å². The molecule has 9 heteroatoms. The lowest BCUT2D eigenvalue weighted by Gasteiger charge is -2.25. The Morgan fingerprint density at radius 2 is 1.45 bits per heavy atom. The van der Waals surface area contributed by atoms with Gasteiger partial charge in [0.15, 0.2) is 11.6 Å². The van der Waals surface area contributed by atoms with Crippen molar-refractivity contribution in [1.29, 1.82) is 0 Å². The van der Waals surface area contributed by atoms with Crippen LogP contribution in [0, 0.1) is 11.6 Å². The van der Waals surface area contributed by atoms with Gasteiger partial charge in [-0.2, -0.15) is 4.31 Å². The molecule has 2 aliphatic heterocycles. The van der Waals surface area contributed by atoms with E-state index in [1.165, 1.54) is 4.31 Å². The summed E-state index contributed by atoms with van der Waals surface area (Å²) < 4.78 is 55.9. The number of carbonyl (C=O) groups excluding carboxylic acids is 1. The lowest BCUT2D eigenvalue weighted by molar-refractivity contribution is -0.116. The van der Waals surface area contributed by atoms with Crippen LogP contribution in [0.1, 0.15) is 44.1 Å². The molecule has 1 amide bonds. The van der Waals surface area contributed by atoms with Crippen LogP contribution in [0.15, 0.2) is 41.3 Å². The largest absolute Gasteiger partial charge is 0.367 e. The predicted molar refractivity (Wildman–Crippen MR) is 124 cm³/mol. The van der Waals surface area contributed by atoms with Crippen LogP contribution in [0.2, 0.25) is 0 Å². The molecule has 0 atom stereocenters. The zero-order chi connectivity index (χ0) is 23.4. The molecule has 0 radical (unpaired) electrons. The lowest BCUT2D eigenvalue weighted by Crippen LogP contribution is -2.35. The minimum Gasteiger partial charge on any atom is -0.367 e. The van der Waals surface area contributed by atoms with Crippen LogP contribution < -0.4 is 10.2 Å². The highest BCUT2D eigenvalue weighted by Crippen LogP contribution is 2.30. The zero-order valence-corrected chi connectivity index (χ0v) is 19.3. The van der Waals surface area contributed by atoms with Crippen molar-refractivity contribution in [2.75, 3.05) is 36.4 Å². The first kappa shape index (κ1) is 23.6. The molecular weight excluding hydrogens is 448 g/mol. The number of aryl methyl sites for hydroxylation is 1. The van der Waals surface area contributed by atoms with Gasteiger partial charge in [-0.05, 0) is 61.9 Å². The maximum atomic E-state index is 14.4. The molecular formula is C24H29F2N3O3S. The van der Waals surface area contributed by atoms with E-state index in [2.05, 4.69) is 5.32 Å². The van der Waals surface area contributed by atoms with E-state index in [4.69, 9.17) is 0 Å². The molecule has 0 spiro atoms. The Morgan fingerprint density at radius 1 is 0.879 bits per heavy atom. The molecule has 33 heavy (non-hydrogen) atoms. The number of amides is 1. The van der Waals surface area contributed by atoms with Crippen molar-refractivity contribution in [2.45, 2.75) is 49.8 Å². The molecule has 2 heterocycles. The first-order valence-corrected chi connectivity index (χ1v) is 12.9. The van der Waals surface area contributed by atoms with E-state index in [9.17, 15) is 22.0 Å². The summed E-state index contributed by atoms with van der Waals surface area (Å²) in [6.07, 6.45) is 5.10. The van der Waals surface area contributed by atoms with Gasteiger partial charge in [0.25, 0.3) is 0 Å². The van der Waals surface area contributed by atoms with Crippen LogP contribution in [0.25, 0.3) is 0 Å². The van der Waals surface area contributed by atoms with Crippen LogP contribution in [-0.2, 0) is 21.2 Å². The third-order valence-electron chi connectivity index (χ3n) is 6.24. The molecule has 0 unspecified atom stereocenters. The summed E-state index contributed by atoms with van der Waals surface area (Å²) in [6, 6.07) is 8.84. The third-order valence-corrected chi connectivity index (χ3v) is 8.15. The summed E-state index contributed by atoms with van der Waals surface area (Å²) >= 11 is 0. The summed E-state index contributed by atoms with van der Waals surface area (Å²) in [4.78, 5) is 14.3. The van der Waals surface area contributed by atoms with Gasteiger partial charge >= 0.3 is 0 Å². The second kappa shape index (κ2) is 10.2. The summed E-state index contributed by atoms with van der Waals surface area (Å²) in [5.41, 5.74) is 0.857. The molecule has 0 aromatic heterocycles. The quantitative estimate of drug-likeness (QED) is 0.645. The molecule has 2 aromatic carbocycles. The molecule has 2 aromatic rings. The topological polar surface area (TPSA) is 69.7 Å². The van der Waals surface area contributed by atoms with Gasteiger partial charge in [-0.25, -0.2) is 17.2 Å². The van der Waals surface area contributed by atoms with Crippen molar-refractivity contribution in [1.82, 2.24) is 4.31 Å². The number of piperidine rings is 1. The second-order valence-electron chi connectivity index (χ2n) is 8.64. The van der Waals surface area contributed by atoms with E-state index in [1.807, 2.05) is 0 Å². The number of hydrogen-bond donors (Lipinski definition) is 1. The van der Waals surface area contributed by atoms with Crippen molar-refractivity contribution in [3.63, 3.8) is 0 Å². The maximum Gasteiger partial charge on any atom is 0.243 e. The Hall–Kier alpha value is -2.52. The Kier molecular flexibility index (Phi) is 7.29.